The molecule has 14 heavy (non-hydrogen) atoms. The van der Waals surface area contributed by atoms with Crippen LogP contribution in [-0.2, 0) is 0 Å². The molecule has 0 aliphatic heterocycles. The lowest BCUT2D eigenvalue weighted by molar-refractivity contribution is 0.442. The Labute approximate surface area is 93.0 Å². The monoisotopic (exact) mass is 254 g/mol. The van der Waals surface area contributed by atoms with Gasteiger partial charge in [-0.1, -0.05) is 18.9 Å². The molecule has 0 amide bonds. The van der Waals surface area contributed by atoms with Crippen LogP contribution in [0.3, 0.4) is 0 Å². The molecule has 0 bridgehead atoms. The zero-order valence-electron chi connectivity index (χ0n) is 8.12. The molecular formula is C11H15BrN2. The van der Waals surface area contributed by atoms with E-state index in [-0.39, 0.29) is 6.04 Å². The van der Waals surface area contributed by atoms with Gasteiger partial charge in [0.05, 0.1) is 0 Å². The first kappa shape index (κ1) is 10.1. The number of halogens is 1. The van der Waals surface area contributed by atoms with E-state index in [0.717, 1.165) is 10.2 Å². The fourth-order valence-electron chi connectivity index (χ4n) is 2.22. The lowest BCUT2D eigenvalue weighted by Gasteiger charge is -2.19. The number of pyridine rings is 1. The second kappa shape index (κ2) is 4.41. The maximum Gasteiger partial charge on any atom is 0.110 e. The molecule has 2 nitrogen and oxygen atoms in total. The molecule has 1 saturated carbocycles. The number of rotatable bonds is 2. The number of hydrogen-bond acceptors (Lipinski definition) is 2. The van der Waals surface area contributed by atoms with Crippen molar-refractivity contribution in [2.75, 3.05) is 0 Å². The molecule has 0 saturated heterocycles. The molecule has 1 aliphatic carbocycles. The molecule has 2 rings (SSSR count). The molecule has 3 heteroatoms. The summed E-state index contributed by atoms with van der Waals surface area (Å²) in [6.07, 6.45) is 6.98. The third kappa shape index (κ3) is 1.98. The van der Waals surface area contributed by atoms with Crippen molar-refractivity contribution in [3.63, 3.8) is 0 Å². The van der Waals surface area contributed by atoms with Gasteiger partial charge in [0.15, 0.2) is 0 Å². The number of nitrogens with two attached hydrogens (primary N) is 1. The van der Waals surface area contributed by atoms with Gasteiger partial charge in [-0.15, -0.1) is 0 Å². The second-order valence-corrected chi connectivity index (χ2v) is 4.70. The highest BCUT2D eigenvalue weighted by Crippen LogP contribution is 2.35. The van der Waals surface area contributed by atoms with Crippen molar-refractivity contribution < 1.29 is 0 Å². The molecular weight excluding hydrogens is 240 g/mol. The topological polar surface area (TPSA) is 38.9 Å². The first-order valence-corrected chi connectivity index (χ1v) is 5.94. The van der Waals surface area contributed by atoms with Crippen LogP contribution in [0.4, 0.5) is 0 Å². The summed E-state index contributed by atoms with van der Waals surface area (Å²) in [7, 11) is 0. The van der Waals surface area contributed by atoms with E-state index in [1.807, 2.05) is 6.07 Å². The van der Waals surface area contributed by atoms with Crippen LogP contribution in [0.5, 0.6) is 0 Å². The van der Waals surface area contributed by atoms with Gasteiger partial charge < -0.3 is 5.73 Å². The van der Waals surface area contributed by atoms with Gasteiger partial charge in [-0.3, -0.25) is 0 Å². The smallest absolute Gasteiger partial charge is 0.110 e. The molecule has 0 radical (unpaired) electrons. The quantitative estimate of drug-likeness (QED) is 0.825. The summed E-state index contributed by atoms with van der Waals surface area (Å²) in [5.74, 6) is 0.649. The highest BCUT2D eigenvalue weighted by atomic mass is 79.9. The lowest BCUT2D eigenvalue weighted by Crippen LogP contribution is -2.19. The number of aromatic nitrogens is 1. The third-order valence-electron chi connectivity index (χ3n) is 3.05. The summed E-state index contributed by atoms with van der Waals surface area (Å²) in [6.45, 7) is 0. The molecule has 76 valence electrons. The molecule has 2 N–H and O–H groups in total. The van der Waals surface area contributed by atoms with Gasteiger partial charge in [0.1, 0.15) is 4.60 Å². The van der Waals surface area contributed by atoms with Crippen LogP contribution in [-0.4, -0.2) is 4.98 Å². The minimum absolute atomic E-state index is 0.153. The van der Waals surface area contributed by atoms with E-state index < -0.39 is 0 Å². The van der Waals surface area contributed by atoms with Gasteiger partial charge in [-0.2, -0.15) is 0 Å². The third-order valence-corrected chi connectivity index (χ3v) is 3.72. The maximum absolute atomic E-state index is 6.23. The average Bonchev–Trinajstić information content (AvgIpc) is 2.70. The van der Waals surface area contributed by atoms with E-state index in [1.54, 1.807) is 6.20 Å². The predicted octanol–water partition coefficient (Wildman–Crippen LogP) is 3.03. The highest BCUT2D eigenvalue weighted by molar-refractivity contribution is 9.10. The minimum atomic E-state index is 0.153. The lowest BCUT2D eigenvalue weighted by atomic mass is 9.94. The second-order valence-electron chi connectivity index (χ2n) is 3.95. The van der Waals surface area contributed by atoms with E-state index in [0.29, 0.717) is 5.92 Å². The van der Waals surface area contributed by atoms with Crippen LogP contribution in [0.25, 0.3) is 0 Å². The van der Waals surface area contributed by atoms with Gasteiger partial charge in [-0.05, 0) is 40.8 Å². The van der Waals surface area contributed by atoms with Crippen molar-refractivity contribution in [2.45, 2.75) is 31.7 Å². The Morgan fingerprint density at radius 2 is 2.14 bits per heavy atom. The number of hydrogen-bond donors (Lipinski definition) is 1. The Hall–Kier alpha value is -0.410. The van der Waals surface area contributed by atoms with Crippen LogP contribution >= 0.6 is 15.9 Å². The highest BCUT2D eigenvalue weighted by Gasteiger charge is 2.24. The standard InChI is InChI=1S/C11H15BrN2/c12-11-9(6-3-7-14-11)10(13)8-4-1-2-5-8/h3,6-8,10H,1-2,4-5,13H2/t10-/m0/s1. The van der Waals surface area contributed by atoms with E-state index in [1.165, 1.54) is 25.7 Å². The van der Waals surface area contributed by atoms with E-state index >= 15 is 0 Å². The fraction of sp³-hybridized carbons (Fsp3) is 0.545. The summed E-state index contributed by atoms with van der Waals surface area (Å²) in [5.41, 5.74) is 7.38. The van der Waals surface area contributed by atoms with Crippen LogP contribution < -0.4 is 5.73 Å². The normalized spacial score (nSPS) is 19.9. The first-order chi connectivity index (χ1) is 6.79. The zero-order valence-corrected chi connectivity index (χ0v) is 9.70. The molecule has 0 spiro atoms. The SMILES string of the molecule is N[C@H](c1cccnc1Br)C1CCCC1. The van der Waals surface area contributed by atoms with Crippen molar-refractivity contribution in [1.82, 2.24) is 4.98 Å². The Bertz CT molecular complexity index is 308. The van der Waals surface area contributed by atoms with Crippen molar-refractivity contribution in [2.24, 2.45) is 11.7 Å². The summed E-state index contributed by atoms with van der Waals surface area (Å²) >= 11 is 3.45. The van der Waals surface area contributed by atoms with Gasteiger partial charge in [-0.25, -0.2) is 4.98 Å². The Morgan fingerprint density at radius 1 is 1.43 bits per heavy atom. The van der Waals surface area contributed by atoms with E-state index in [2.05, 4.69) is 27.0 Å². The van der Waals surface area contributed by atoms with Crippen molar-refractivity contribution in [1.29, 1.82) is 0 Å². The van der Waals surface area contributed by atoms with Crippen LogP contribution in [0.1, 0.15) is 37.3 Å². The van der Waals surface area contributed by atoms with Gasteiger partial charge in [0.25, 0.3) is 0 Å². The Kier molecular flexibility index (Phi) is 3.19. The summed E-state index contributed by atoms with van der Waals surface area (Å²) in [4.78, 5) is 4.21. The van der Waals surface area contributed by atoms with Gasteiger partial charge in [0.2, 0.25) is 0 Å². The van der Waals surface area contributed by atoms with Crippen molar-refractivity contribution in [3.8, 4) is 0 Å². The molecule has 0 unspecified atom stereocenters. The van der Waals surface area contributed by atoms with Gasteiger partial charge in [0, 0.05) is 17.8 Å². The van der Waals surface area contributed by atoms with Crippen molar-refractivity contribution >= 4 is 15.9 Å². The van der Waals surface area contributed by atoms with E-state index in [9.17, 15) is 0 Å². The molecule has 1 atom stereocenters. The Morgan fingerprint density at radius 3 is 2.79 bits per heavy atom. The van der Waals surface area contributed by atoms with E-state index in [4.69, 9.17) is 5.73 Å². The van der Waals surface area contributed by atoms with Crippen LogP contribution in [0, 0.1) is 5.92 Å². The average molecular weight is 255 g/mol. The van der Waals surface area contributed by atoms with Crippen LogP contribution in [0.15, 0.2) is 22.9 Å². The molecule has 1 heterocycles. The largest absolute Gasteiger partial charge is 0.324 e. The zero-order chi connectivity index (χ0) is 9.97. The minimum Gasteiger partial charge on any atom is -0.324 e. The van der Waals surface area contributed by atoms with Crippen molar-refractivity contribution in [3.05, 3.63) is 28.5 Å². The summed E-state index contributed by atoms with van der Waals surface area (Å²) in [6, 6.07) is 4.18. The van der Waals surface area contributed by atoms with Gasteiger partial charge >= 0.3 is 0 Å². The molecule has 1 aliphatic rings. The fourth-order valence-corrected chi connectivity index (χ4v) is 2.73. The summed E-state index contributed by atoms with van der Waals surface area (Å²) in [5, 5.41) is 0. The summed E-state index contributed by atoms with van der Waals surface area (Å²) < 4.78 is 0.902. The predicted molar refractivity (Wildman–Crippen MR) is 60.8 cm³/mol. The number of nitrogens with zero attached hydrogens (tertiary/aromatic N) is 1. The molecule has 0 aromatic carbocycles. The Balaban J connectivity index is 2.17. The first-order valence-electron chi connectivity index (χ1n) is 5.15. The maximum atomic E-state index is 6.23. The van der Waals surface area contributed by atoms with Crippen LogP contribution in [0.2, 0.25) is 0 Å². The molecule has 1 fully saturated rings. The molecule has 1 aromatic rings. The molecule has 1 aromatic heterocycles.